The number of hydrogen-bond donors (Lipinski definition) is 1. The maximum Gasteiger partial charge on any atom is 0.511 e. The second-order valence-corrected chi connectivity index (χ2v) is 6.18. The number of carboxylic acid groups (broad SMARTS) is 1. The van der Waals surface area contributed by atoms with Crippen LogP contribution in [0, 0.1) is 0 Å². The minimum atomic E-state index is -1.32. The molecule has 0 saturated carbocycles. The summed E-state index contributed by atoms with van der Waals surface area (Å²) in [7, 11) is 4.07. The number of nitrogens with zero attached hydrogens (tertiary/aromatic N) is 1. The number of hydrogen-bond acceptors (Lipinski definition) is 4. The van der Waals surface area contributed by atoms with Crippen LogP contribution in [0.3, 0.4) is 0 Å². The molecule has 0 spiro atoms. The lowest BCUT2D eigenvalue weighted by atomic mass is 9.93. The van der Waals surface area contributed by atoms with Crippen LogP contribution in [0.5, 0.6) is 11.5 Å². The molecule has 2 aromatic rings. The predicted octanol–water partition coefficient (Wildman–Crippen LogP) is 4.02. The predicted molar refractivity (Wildman–Crippen MR) is 96.1 cm³/mol. The average molecular weight is 339 g/mol. The lowest BCUT2D eigenvalue weighted by Crippen LogP contribution is -2.12. The third-order valence-electron chi connectivity index (χ3n) is 4.06. The first-order valence-electron chi connectivity index (χ1n) is 8.16. The molecule has 1 heterocycles. The van der Waals surface area contributed by atoms with Gasteiger partial charge in [0.2, 0.25) is 0 Å². The molecule has 0 amide bonds. The molecule has 0 atom stereocenters. The smallest absolute Gasteiger partial charge is 0.488 e. The number of ether oxygens (including phenoxy) is 2. The maximum atomic E-state index is 10.9. The molecular formula is C20H21NO4. The molecule has 0 unspecified atom stereocenters. The number of fused-ring (bicyclic) bond motifs is 2. The summed E-state index contributed by atoms with van der Waals surface area (Å²) in [5.74, 6) is 1.14. The standard InChI is InChI=1S/C20H21NO4/c1-21(2)11-5-7-16-17-6-3-4-8-19(17)24-13-14-9-10-15(12-18(14)16)25-20(22)23/h3-4,6-10,12H,5,11,13H2,1-2H3,(H,22,23)/b16-7+. The molecule has 0 saturated heterocycles. The Bertz CT molecular complexity index is 811. The van der Waals surface area contributed by atoms with Gasteiger partial charge in [0.15, 0.2) is 0 Å². The lowest BCUT2D eigenvalue weighted by molar-refractivity contribution is 0.144. The number of carbonyl (C=O) groups is 1. The highest BCUT2D eigenvalue weighted by Gasteiger charge is 2.20. The fourth-order valence-corrected chi connectivity index (χ4v) is 2.90. The van der Waals surface area contributed by atoms with E-state index < -0.39 is 6.16 Å². The summed E-state index contributed by atoms with van der Waals surface area (Å²) in [6.07, 6.45) is 1.74. The molecule has 0 aromatic heterocycles. The van der Waals surface area contributed by atoms with Crippen molar-refractivity contribution in [2.24, 2.45) is 0 Å². The highest BCUT2D eigenvalue weighted by Crippen LogP contribution is 2.38. The van der Waals surface area contributed by atoms with E-state index in [1.165, 1.54) is 0 Å². The van der Waals surface area contributed by atoms with Gasteiger partial charge in [-0.15, -0.1) is 0 Å². The SMILES string of the molecule is CN(C)CC/C=C1/c2cc(OC(=O)O)ccc2COc2ccccc21. The van der Waals surface area contributed by atoms with Crippen LogP contribution in [-0.4, -0.2) is 36.8 Å². The van der Waals surface area contributed by atoms with Crippen molar-refractivity contribution in [2.75, 3.05) is 20.6 Å². The van der Waals surface area contributed by atoms with Crippen LogP contribution in [-0.2, 0) is 6.61 Å². The van der Waals surface area contributed by atoms with Gasteiger partial charge in [0, 0.05) is 12.1 Å². The molecule has 1 N–H and O–H groups in total. The van der Waals surface area contributed by atoms with Crippen LogP contribution in [0.2, 0.25) is 0 Å². The third-order valence-corrected chi connectivity index (χ3v) is 4.06. The second-order valence-electron chi connectivity index (χ2n) is 6.18. The van der Waals surface area contributed by atoms with Gasteiger partial charge < -0.3 is 19.5 Å². The van der Waals surface area contributed by atoms with Gasteiger partial charge >= 0.3 is 6.16 Å². The third kappa shape index (κ3) is 4.00. The lowest BCUT2D eigenvalue weighted by Gasteiger charge is -2.13. The molecule has 1 aliphatic heterocycles. The van der Waals surface area contributed by atoms with Crippen molar-refractivity contribution >= 4 is 11.7 Å². The van der Waals surface area contributed by atoms with E-state index in [0.29, 0.717) is 12.4 Å². The molecule has 5 heteroatoms. The number of para-hydroxylation sites is 1. The largest absolute Gasteiger partial charge is 0.511 e. The zero-order valence-corrected chi connectivity index (χ0v) is 14.4. The maximum absolute atomic E-state index is 10.9. The van der Waals surface area contributed by atoms with Crippen LogP contribution in [0.25, 0.3) is 5.57 Å². The van der Waals surface area contributed by atoms with E-state index in [9.17, 15) is 4.79 Å². The Hall–Kier alpha value is -2.79. The first kappa shape index (κ1) is 17.0. The topological polar surface area (TPSA) is 59.0 Å². The Morgan fingerprint density at radius 3 is 2.80 bits per heavy atom. The Labute approximate surface area is 147 Å². The van der Waals surface area contributed by atoms with E-state index in [1.54, 1.807) is 12.1 Å². The first-order chi connectivity index (χ1) is 12.0. The van der Waals surface area contributed by atoms with Crippen LogP contribution >= 0.6 is 0 Å². The van der Waals surface area contributed by atoms with Crippen molar-refractivity contribution in [2.45, 2.75) is 13.0 Å². The van der Waals surface area contributed by atoms with Gasteiger partial charge in [-0.05, 0) is 55.4 Å². The highest BCUT2D eigenvalue weighted by atomic mass is 16.7. The van der Waals surface area contributed by atoms with E-state index >= 15 is 0 Å². The normalized spacial score (nSPS) is 14.4. The minimum absolute atomic E-state index is 0.309. The van der Waals surface area contributed by atoms with Gasteiger partial charge in [-0.1, -0.05) is 30.3 Å². The van der Waals surface area contributed by atoms with Crippen LogP contribution < -0.4 is 9.47 Å². The summed E-state index contributed by atoms with van der Waals surface area (Å²) < 4.78 is 10.8. The molecular weight excluding hydrogens is 318 g/mol. The fourth-order valence-electron chi connectivity index (χ4n) is 2.90. The molecule has 2 aromatic carbocycles. The molecule has 0 fully saturated rings. The van der Waals surface area contributed by atoms with Gasteiger partial charge in [-0.25, -0.2) is 4.79 Å². The van der Waals surface area contributed by atoms with E-state index in [0.717, 1.165) is 41.0 Å². The number of benzene rings is 2. The Balaban J connectivity index is 2.08. The summed E-state index contributed by atoms with van der Waals surface area (Å²) >= 11 is 0. The Morgan fingerprint density at radius 2 is 2.04 bits per heavy atom. The van der Waals surface area contributed by atoms with E-state index in [1.807, 2.05) is 44.4 Å². The van der Waals surface area contributed by atoms with Gasteiger partial charge in [-0.3, -0.25) is 0 Å². The second kappa shape index (κ2) is 7.40. The van der Waals surface area contributed by atoms with E-state index in [-0.39, 0.29) is 0 Å². The Morgan fingerprint density at radius 1 is 1.24 bits per heavy atom. The monoisotopic (exact) mass is 339 g/mol. The van der Waals surface area contributed by atoms with E-state index in [4.69, 9.17) is 14.6 Å². The van der Waals surface area contributed by atoms with Crippen LogP contribution in [0.4, 0.5) is 4.79 Å². The van der Waals surface area contributed by atoms with E-state index in [2.05, 4.69) is 11.0 Å². The summed E-state index contributed by atoms with van der Waals surface area (Å²) in [5.41, 5.74) is 4.00. The quantitative estimate of drug-likeness (QED) is 0.673. The van der Waals surface area contributed by atoms with Crippen molar-refractivity contribution in [1.29, 1.82) is 0 Å². The summed E-state index contributed by atoms with van der Waals surface area (Å²) in [4.78, 5) is 13.0. The number of rotatable bonds is 4. The molecule has 3 rings (SSSR count). The van der Waals surface area contributed by atoms with Gasteiger partial charge in [0.25, 0.3) is 0 Å². The zero-order chi connectivity index (χ0) is 17.8. The van der Waals surface area contributed by atoms with Crippen molar-refractivity contribution in [1.82, 2.24) is 4.90 Å². The molecule has 0 aliphatic carbocycles. The average Bonchev–Trinajstić information content (AvgIpc) is 2.72. The first-order valence-corrected chi connectivity index (χ1v) is 8.16. The summed E-state index contributed by atoms with van der Waals surface area (Å²) in [5, 5.41) is 8.89. The van der Waals surface area contributed by atoms with Crippen molar-refractivity contribution in [3.63, 3.8) is 0 Å². The van der Waals surface area contributed by atoms with Crippen LogP contribution in [0.15, 0.2) is 48.5 Å². The molecule has 5 nitrogen and oxygen atoms in total. The molecule has 25 heavy (non-hydrogen) atoms. The van der Waals surface area contributed by atoms with Gasteiger partial charge in [0.1, 0.15) is 18.1 Å². The Kier molecular flexibility index (Phi) is 5.05. The van der Waals surface area contributed by atoms with Gasteiger partial charge in [-0.2, -0.15) is 0 Å². The fraction of sp³-hybridized carbons (Fsp3) is 0.250. The summed E-state index contributed by atoms with van der Waals surface area (Å²) in [6.45, 7) is 1.36. The minimum Gasteiger partial charge on any atom is -0.488 e. The summed E-state index contributed by atoms with van der Waals surface area (Å²) in [6, 6.07) is 13.2. The molecule has 0 radical (unpaired) electrons. The van der Waals surface area contributed by atoms with Crippen molar-refractivity contribution in [3.8, 4) is 11.5 Å². The molecule has 0 bridgehead atoms. The highest BCUT2D eigenvalue weighted by molar-refractivity contribution is 5.85. The van der Waals surface area contributed by atoms with Gasteiger partial charge in [0.05, 0.1) is 0 Å². The molecule has 1 aliphatic rings. The van der Waals surface area contributed by atoms with Crippen molar-refractivity contribution < 1.29 is 19.4 Å². The van der Waals surface area contributed by atoms with Crippen molar-refractivity contribution in [3.05, 3.63) is 65.2 Å². The zero-order valence-electron chi connectivity index (χ0n) is 14.4. The van der Waals surface area contributed by atoms with Crippen LogP contribution in [0.1, 0.15) is 23.1 Å². The molecule has 130 valence electrons.